The Morgan fingerprint density at radius 2 is 2.38 bits per heavy atom. The predicted molar refractivity (Wildman–Crippen MR) is 64.2 cm³/mol. The van der Waals surface area contributed by atoms with Crippen LogP contribution in [-0.4, -0.2) is 48.7 Å². The van der Waals surface area contributed by atoms with Crippen LogP contribution in [0.2, 0.25) is 0 Å². The molecule has 1 fully saturated rings. The van der Waals surface area contributed by atoms with E-state index in [0.29, 0.717) is 12.5 Å². The summed E-state index contributed by atoms with van der Waals surface area (Å²) in [5.74, 6) is 0.714. The van der Waals surface area contributed by atoms with Crippen molar-refractivity contribution >= 4 is 5.91 Å². The summed E-state index contributed by atoms with van der Waals surface area (Å²) in [6.07, 6.45) is 4.15. The van der Waals surface area contributed by atoms with E-state index in [-0.39, 0.29) is 12.5 Å². The molecule has 4 nitrogen and oxygen atoms in total. The Bertz CT molecular complexity index is 209. The van der Waals surface area contributed by atoms with Crippen LogP contribution in [-0.2, 0) is 4.79 Å². The van der Waals surface area contributed by atoms with Crippen LogP contribution >= 0.6 is 0 Å². The highest BCUT2D eigenvalue weighted by Crippen LogP contribution is 2.18. The molecule has 2 N–H and O–H groups in total. The molecule has 4 heteroatoms. The van der Waals surface area contributed by atoms with Crippen molar-refractivity contribution in [2.24, 2.45) is 5.92 Å². The zero-order valence-corrected chi connectivity index (χ0v) is 10.2. The SMILES string of the molecule is CCCCNC(=O)CN1CCC(CCO)C1. The van der Waals surface area contributed by atoms with Gasteiger partial charge >= 0.3 is 0 Å². The third-order valence-corrected chi connectivity index (χ3v) is 3.13. The van der Waals surface area contributed by atoms with Gasteiger partial charge in [0.15, 0.2) is 0 Å². The molecule has 0 aromatic heterocycles. The summed E-state index contributed by atoms with van der Waals surface area (Å²) in [5, 5.41) is 11.8. The van der Waals surface area contributed by atoms with Gasteiger partial charge in [-0.15, -0.1) is 0 Å². The number of nitrogens with one attached hydrogen (secondary N) is 1. The van der Waals surface area contributed by atoms with Crippen molar-refractivity contribution in [1.82, 2.24) is 10.2 Å². The van der Waals surface area contributed by atoms with Crippen molar-refractivity contribution in [2.75, 3.05) is 32.8 Å². The van der Waals surface area contributed by atoms with Crippen molar-refractivity contribution in [3.05, 3.63) is 0 Å². The Hall–Kier alpha value is -0.610. The first-order valence-electron chi connectivity index (χ1n) is 6.36. The van der Waals surface area contributed by atoms with Gasteiger partial charge in [0.25, 0.3) is 0 Å². The zero-order valence-electron chi connectivity index (χ0n) is 10.2. The van der Waals surface area contributed by atoms with Crippen molar-refractivity contribution in [3.63, 3.8) is 0 Å². The molecule has 1 heterocycles. The highest BCUT2D eigenvalue weighted by Gasteiger charge is 2.23. The first-order chi connectivity index (χ1) is 7.76. The van der Waals surface area contributed by atoms with Crippen LogP contribution < -0.4 is 5.32 Å². The maximum absolute atomic E-state index is 11.5. The van der Waals surface area contributed by atoms with Gasteiger partial charge in [-0.3, -0.25) is 9.69 Å². The van der Waals surface area contributed by atoms with E-state index < -0.39 is 0 Å². The third-order valence-electron chi connectivity index (χ3n) is 3.13. The number of carbonyl (C=O) groups is 1. The summed E-state index contributed by atoms with van der Waals surface area (Å²) in [6, 6.07) is 0. The van der Waals surface area contributed by atoms with E-state index >= 15 is 0 Å². The Morgan fingerprint density at radius 3 is 3.06 bits per heavy atom. The Morgan fingerprint density at radius 1 is 1.56 bits per heavy atom. The maximum Gasteiger partial charge on any atom is 0.234 e. The van der Waals surface area contributed by atoms with E-state index in [1.165, 1.54) is 0 Å². The van der Waals surface area contributed by atoms with Gasteiger partial charge in [0.05, 0.1) is 6.54 Å². The lowest BCUT2D eigenvalue weighted by Crippen LogP contribution is -2.36. The second kappa shape index (κ2) is 7.63. The number of unbranched alkanes of at least 4 members (excludes halogenated alkanes) is 1. The minimum Gasteiger partial charge on any atom is -0.396 e. The van der Waals surface area contributed by atoms with Crippen LogP contribution in [0, 0.1) is 5.92 Å². The molecule has 0 aromatic rings. The summed E-state index contributed by atoms with van der Waals surface area (Å²) in [6.45, 7) is 5.65. The first-order valence-corrected chi connectivity index (χ1v) is 6.36. The zero-order chi connectivity index (χ0) is 11.8. The van der Waals surface area contributed by atoms with Crippen LogP contribution in [0.5, 0.6) is 0 Å². The molecule has 0 aromatic carbocycles. The summed E-state index contributed by atoms with van der Waals surface area (Å²) in [4.78, 5) is 13.7. The molecule has 94 valence electrons. The van der Waals surface area contributed by atoms with Crippen LogP contribution in [0.1, 0.15) is 32.6 Å². The molecule has 1 aliphatic rings. The first kappa shape index (κ1) is 13.5. The fraction of sp³-hybridized carbons (Fsp3) is 0.917. The van der Waals surface area contributed by atoms with E-state index in [4.69, 9.17) is 5.11 Å². The van der Waals surface area contributed by atoms with Gasteiger partial charge < -0.3 is 10.4 Å². The molecular formula is C12H24N2O2. The summed E-state index contributed by atoms with van der Waals surface area (Å²) >= 11 is 0. The lowest BCUT2D eigenvalue weighted by Gasteiger charge is -2.15. The van der Waals surface area contributed by atoms with Crippen molar-refractivity contribution in [1.29, 1.82) is 0 Å². The number of rotatable bonds is 7. The maximum atomic E-state index is 11.5. The smallest absolute Gasteiger partial charge is 0.234 e. The van der Waals surface area contributed by atoms with Gasteiger partial charge in [0.1, 0.15) is 0 Å². The molecule has 0 spiro atoms. The number of amides is 1. The monoisotopic (exact) mass is 228 g/mol. The Kier molecular flexibility index (Phi) is 6.42. The van der Waals surface area contributed by atoms with E-state index in [9.17, 15) is 4.79 Å². The predicted octanol–water partition coefficient (Wildman–Crippen LogP) is 0.607. The molecule has 0 radical (unpaired) electrons. The van der Waals surface area contributed by atoms with Gasteiger partial charge in [-0.25, -0.2) is 0 Å². The summed E-state index contributed by atoms with van der Waals surface area (Å²) < 4.78 is 0. The molecule has 16 heavy (non-hydrogen) atoms. The molecule has 1 aliphatic heterocycles. The second-order valence-corrected chi connectivity index (χ2v) is 4.61. The van der Waals surface area contributed by atoms with Crippen LogP contribution in [0.3, 0.4) is 0 Å². The lowest BCUT2D eigenvalue weighted by atomic mass is 10.1. The summed E-state index contributed by atoms with van der Waals surface area (Å²) in [5.41, 5.74) is 0. The molecule has 0 saturated carbocycles. The number of hydrogen-bond donors (Lipinski definition) is 2. The largest absolute Gasteiger partial charge is 0.396 e. The quantitative estimate of drug-likeness (QED) is 0.628. The molecule has 1 saturated heterocycles. The van der Waals surface area contributed by atoms with Crippen molar-refractivity contribution < 1.29 is 9.90 Å². The second-order valence-electron chi connectivity index (χ2n) is 4.61. The fourth-order valence-corrected chi connectivity index (χ4v) is 2.14. The minimum atomic E-state index is 0.137. The number of nitrogens with zero attached hydrogens (tertiary/aromatic N) is 1. The number of likely N-dealkylation sites (tertiary alicyclic amines) is 1. The average molecular weight is 228 g/mol. The minimum absolute atomic E-state index is 0.137. The van der Waals surface area contributed by atoms with Crippen LogP contribution in [0.15, 0.2) is 0 Å². The number of hydrogen-bond acceptors (Lipinski definition) is 3. The summed E-state index contributed by atoms with van der Waals surface area (Å²) in [7, 11) is 0. The van der Waals surface area contributed by atoms with E-state index in [1.54, 1.807) is 0 Å². The lowest BCUT2D eigenvalue weighted by molar-refractivity contribution is -0.122. The highest BCUT2D eigenvalue weighted by atomic mass is 16.3. The van der Waals surface area contributed by atoms with Gasteiger partial charge in [0, 0.05) is 19.7 Å². The molecule has 1 atom stereocenters. The van der Waals surface area contributed by atoms with E-state index in [1.807, 2.05) is 0 Å². The molecular weight excluding hydrogens is 204 g/mol. The molecule has 0 aliphatic carbocycles. The van der Waals surface area contributed by atoms with Gasteiger partial charge in [-0.2, -0.15) is 0 Å². The van der Waals surface area contributed by atoms with Crippen molar-refractivity contribution in [2.45, 2.75) is 32.6 Å². The van der Waals surface area contributed by atoms with Gasteiger partial charge in [0.2, 0.25) is 5.91 Å². The van der Waals surface area contributed by atoms with Crippen LogP contribution in [0.4, 0.5) is 0 Å². The topological polar surface area (TPSA) is 52.6 Å². The normalized spacial score (nSPS) is 21.2. The number of carbonyl (C=O) groups excluding carboxylic acids is 1. The van der Waals surface area contributed by atoms with Crippen molar-refractivity contribution in [3.8, 4) is 0 Å². The average Bonchev–Trinajstić information content (AvgIpc) is 2.66. The number of aliphatic hydroxyl groups excluding tert-OH is 1. The molecule has 1 amide bonds. The molecule has 1 rings (SSSR count). The Labute approximate surface area is 98.0 Å². The van der Waals surface area contributed by atoms with Gasteiger partial charge in [-0.1, -0.05) is 13.3 Å². The molecule has 0 bridgehead atoms. The standard InChI is InChI=1S/C12H24N2O2/c1-2-3-6-13-12(16)10-14-7-4-11(9-14)5-8-15/h11,15H,2-10H2,1H3,(H,13,16). The molecule has 1 unspecified atom stereocenters. The van der Waals surface area contributed by atoms with Crippen LogP contribution in [0.25, 0.3) is 0 Å². The highest BCUT2D eigenvalue weighted by molar-refractivity contribution is 5.77. The Balaban J connectivity index is 2.11. The van der Waals surface area contributed by atoms with Gasteiger partial charge in [-0.05, 0) is 31.7 Å². The van der Waals surface area contributed by atoms with E-state index in [2.05, 4.69) is 17.1 Å². The third kappa shape index (κ3) is 4.94. The fourth-order valence-electron chi connectivity index (χ4n) is 2.14. The van der Waals surface area contributed by atoms with E-state index in [0.717, 1.165) is 45.3 Å². The number of aliphatic hydroxyl groups is 1.